The minimum absolute atomic E-state index is 0.131. The van der Waals surface area contributed by atoms with Crippen molar-refractivity contribution in [2.45, 2.75) is 19.4 Å². The Kier molecular flexibility index (Phi) is 5.59. The average molecular weight is 308 g/mol. The first-order valence-electron chi connectivity index (χ1n) is 6.91. The molecule has 2 aromatic carbocycles. The first-order valence-corrected chi connectivity index (χ1v) is 7.29. The number of methoxy groups -OCH3 is 1. The molecule has 2 nitrogen and oxygen atoms in total. The van der Waals surface area contributed by atoms with E-state index >= 15 is 0 Å². The van der Waals surface area contributed by atoms with Crippen LogP contribution >= 0.6 is 11.6 Å². The Balaban J connectivity index is 1.89. The molecule has 2 aromatic rings. The summed E-state index contributed by atoms with van der Waals surface area (Å²) in [6.45, 7) is 2.89. The molecule has 0 fully saturated rings. The standard InChI is InChI=1S/C17H19ClFNO/c1-12(14-5-8-16(19)17(11-14)21-2)20-10-9-13-3-6-15(18)7-4-13/h3-8,11-12,20H,9-10H2,1-2H3. The van der Waals surface area contributed by atoms with Gasteiger partial charge in [0.15, 0.2) is 11.6 Å². The van der Waals surface area contributed by atoms with Gasteiger partial charge in [0.1, 0.15) is 0 Å². The number of nitrogens with one attached hydrogen (secondary N) is 1. The summed E-state index contributed by atoms with van der Waals surface area (Å²) in [5.41, 5.74) is 2.24. The monoisotopic (exact) mass is 307 g/mol. The average Bonchev–Trinajstić information content (AvgIpc) is 2.49. The van der Waals surface area contributed by atoms with E-state index in [4.69, 9.17) is 16.3 Å². The molecule has 0 saturated heterocycles. The summed E-state index contributed by atoms with van der Waals surface area (Å²) < 4.78 is 18.4. The Labute approximate surface area is 129 Å². The van der Waals surface area contributed by atoms with Crippen LogP contribution in [0, 0.1) is 5.82 Å². The summed E-state index contributed by atoms with van der Waals surface area (Å²) in [5.74, 6) is -0.0616. The Bertz CT molecular complexity index is 586. The van der Waals surface area contributed by atoms with Crippen LogP contribution in [-0.4, -0.2) is 13.7 Å². The van der Waals surface area contributed by atoms with Gasteiger partial charge in [0.2, 0.25) is 0 Å². The molecule has 0 aliphatic rings. The lowest BCUT2D eigenvalue weighted by Gasteiger charge is -2.15. The van der Waals surface area contributed by atoms with Crippen molar-refractivity contribution in [2.24, 2.45) is 0 Å². The highest BCUT2D eigenvalue weighted by atomic mass is 35.5. The van der Waals surface area contributed by atoms with Gasteiger partial charge in [0, 0.05) is 11.1 Å². The quantitative estimate of drug-likeness (QED) is 0.855. The first kappa shape index (κ1) is 15.8. The van der Waals surface area contributed by atoms with E-state index in [1.165, 1.54) is 18.7 Å². The van der Waals surface area contributed by atoms with E-state index in [1.54, 1.807) is 12.1 Å². The lowest BCUT2D eigenvalue weighted by atomic mass is 10.1. The van der Waals surface area contributed by atoms with Crippen LogP contribution in [0.15, 0.2) is 42.5 Å². The van der Waals surface area contributed by atoms with Crippen LogP contribution < -0.4 is 10.1 Å². The molecule has 2 rings (SSSR count). The largest absolute Gasteiger partial charge is 0.494 e. The van der Waals surface area contributed by atoms with Gasteiger partial charge in [0.05, 0.1) is 7.11 Å². The minimum atomic E-state index is -0.338. The number of ether oxygens (including phenoxy) is 1. The smallest absolute Gasteiger partial charge is 0.165 e. The predicted molar refractivity (Wildman–Crippen MR) is 84.5 cm³/mol. The molecule has 0 bridgehead atoms. The van der Waals surface area contributed by atoms with Crippen molar-refractivity contribution in [3.8, 4) is 5.75 Å². The molecule has 1 atom stereocenters. The molecule has 4 heteroatoms. The molecule has 0 radical (unpaired) electrons. The molecule has 0 spiro atoms. The zero-order valence-electron chi connectivity index (χ0n) is 12.2. The molecular weight excluding hydrogens is 289 g/mol. The first-order chi connectivity index (χ1) is 10.1. The van der Waals surface area contributed by atoms with E-state index < -0.39 is 0 Å². The fraction of sp³-hybridized carbons (Fsp3) is 0.294. The molecule has 0 aromatic heterocycles. The molecule has 112 valence electrons. The zero-order valence-corrected chi connectivity index (χ0v) is 13.0. The fourth-order valence-electron chi connectivity index (χ4n) is 2.15. The summed E-state index contributed by atoms with van der Waals surface area (Å²) in [6, 6.07) is 12.9. The Morgan fingerprint density at radius 1 is 1.19 bits per heavy atom. The van der Waals surface area contributed by atoms with E-state index in [2.05, 4.69) is 12.2 Å². The second-order valence-electron chi connectivity index (χ2n) is 4.95. The van der Waals surface area contributed by atoms with Crippen molar-refractivity contribution in [3.63, 3.8) is 0 Å². The van der Waals surface area contributed by atoms with Gasteiger partial charge < -0.3 is 10.1 Å². The number of benzene rings is 2. The van der Waals surface area contributed by atoms with Gasteiger partial charge in [-0.3, -0.25) is 0 Å². The summed E-state index contributed by atoms with van der Waals surface area (Å²) in [6.07, 6.45) is 0.917. The third-order valence-corrected chi connectivity index (χ3v) is 3.70. The lowest BCUT2D eigenvalue weighted by molar-refractivity contribution is 0.385. The van der Waals surface area contributed by atoms with Crippen molar-refractivity contribution in [1.82, 2.24) is 5.32 Å². The molecule has 1 N–H and O–H groups in total. The maximum absolute atomic E-state index is 13.4. The minimum Gasteiger partial charge on any atom is -0.494 e. The van der Waals surface area contributed by atoms with E-state index in [0.717, 1.165) is 23.6 Å². The van der Waals surface area contributed by atoms with Crippen LogP contribution in [0.4, 0.5) is 4.39 Å². The van der Waals surface area contributed by atoms with Crippen LogP contribution in [0.1, 0.15) is 24.1 Å². The van der Waals surface area contributed by atoms with Crippen LogP contribution in [0.25, 0.3) is 0 Å². The molecular formula is C17H19ClFNO. The number of hydrogen-bond acceptors (Lipinski definition) is 2. The summed E-state index contributed by atoms with van der Waals surface area (Å²) >= 11 is 5.86. The predicted octanol–water partition coefficient (Wildman–Crippen LogP) is 4.38. The van der Waals surface area contributed by atoms with Gasteiger partial charge in [-0.2, -0.15) is 0 Å². The van der Waals surface area contributed by atoms with Crippen LogP contribution in [-0.2, 0) is 6.42 Å². The molecule has 0 aliphatic carbocycles. The van der Waals surface area contributed by atoms with E-state index in [1.807, 2.05) is 24.3 Å². The highest BCUT2D eigenvalue weighted by Gasteiger charge is 2.09. The van der Waals surface area contributed by atoms with Gasteiger partial charge in [0.25, 0.3) is 0 Å². The van der Waals surface area contributed by atoms with Crippen LogP contribution in [0.2, 0.25) is 5.02 Å². The number of hydrogen-bond donors (Lipinski definition) is 1. The third kappa shape index (κ3) is 4.45. The maximum Gasteiger partial charge on any atom is 0.165 e. The molecule has 0 aliphatic heterocycles. The summed E-state index contributed by atoms with van der Waals surface area (Å²) in [7, 11) is 1.47. The Morgan fingerprint density at radius 2 is 1.90 bits per heavy atom. The van der Waals surface area contributed by atoms with Gasteiger partial charge in [-0.05, 0) is 55.3 Å². The second-order valence-corrected chi connectivity index (χ2v) is 5.38. The number of rotatable bonds is 6. The zero-order chi connectivity index (χ0) is 15.2. The van der Waals surface area contributed by atoms with Gasteiger partial charge >= 0.3 is 0 Å². The topological polar surface area (TPSA) is 21.3 Å². The van der Waals surface area contributed by atoms with E-state index in [0.29, 0.717) is 0 Å². The molecule has 0 amide bonds. The van der Waals surface area contributed by atoms with E-state index in [9.17, 15) is 4.39 Å². The Hall–Kier alpha value is -1.58. The van der Waals surface area contributed by atoms with Gasteiger partial charge in [-0.1, -0.05) is 29.8 Å². The highest BCUT2D eigenvalue weighted by Crippen LogP contribution is 2.22. The van der Waals surface area contributed by atoms with Crippen LogP contribution in [0.3, 0.4) is 0 Å². The van der Waals surface area contributed by atoms with Crippen molar-refractivity contribution in [3.05, 3.63) is 64.4 Å². The SMILES string of the molecule is COc1cc(C(C)NCCc2ccc(Cl)cc2)ccc1F. The van der Waals surface area contributed by atoms with Crippen molar-refractivity contribution in [2.75, 3.05) is 13.7 Å². The normalized spacial score (nSPS) is 12.2. The molecule has 0 heterocycles. The van der Waals surface area contributed by atoms with Gasteiger partial charge in [-0.25, -0.2) is 4.39 Å². The third-order valence-electron chi connectivity index (χ3n) is 3.45. The van der Waals surface area contributed by atoms with Crippen molar-refractivity contribution >= 4 is 11.6 Å². The highest BCUT2D eigenvalue weighted by molar-refractivity contribution is 6.30. The Morgan fingerprint density at radius 3 is 2.57 bits per heavy atom. The lowest BCUT2D eigenvalue weighted by Crippen LogP contribution is -2.21. The van der Waals surface area contributed by atoms with Crippen LogP contribution in [0.5, 0.6) is 5.75 Å². The molecule has 21 heavy (non-hydrogen) atoms. The summed E-state index contributed by atoms with van der Waals surface area (Å²) in [5, 5.41) is 4.17. The second kappa shape index (κ2) is 7.43. The van der Waals surface area contributed by atoms with Gasteiger partial charge in [-0.15, -0.1) is 0 Å². The van der Waals surface area contributed by atoms with E-state index in [-0.39, 0.29) is 17.6 Å². The maximum atomic E-state index is 13.4. The molecule has 1 unspecified atom stereocenters. The fourth-order valence-corrected chi connectivity index (χ4v) is 2.27. The van der Waals surface area contributed by atoms with Crippen molar-refractivity contribution in [1.29, 1.82) is 0 Å². The summed E-state index contributed by atoms with van der Waals surface area (Å²) in [4.78, 5) is 0. The van der Waals surface area contributed by atoms with Crippen molar-refractivity contribution < 1.29 is 9.13 Å². The number of halogens is 2. The molecule has 0 saturated carbocycles.